The molecule has 1 heteroatoms. The molecule has 0 N–H and O–H groups in total. The quantitative estimate of drug-likeness (QED) is 0.111. The van der Waals surface area contributed by atoms with Gasteiger partial charge in [0.2, 0.25) is 0 Å². The minimum atomic E-state index is 0.408. The Hall–Kier alpha value is -1.37. The van der Waals surface area contributed by atoms with Gasteiger partial charge < -0.3 is 0 Å². The highest BCUT2D eigenvalue weighted by molar-refractivity contribution is 5.78. The second-order valence-electron chi connectivity index (χ2n) is 13.5. The topological polar surface area (TPSA) is 17.1 Å². The third kappa shape index (κ3) is 26.6. The molecule has 0 spiro atoms. The van der Waals surface area contributed by atoms with Crippen LogP contribution in [0.3, 0.4) is 0 Å². The smallest absolute Gasteiger partial charge is 0.133 e. The molecule has 0 heterocycles. The molecule has 0 rings (SSSR count). The van der Waals surface area contributed by atoms with Gasteiger partial charge in [-0.2, -0.15) is 0 Å². The number of carbonyl (C=O) groups excluding carboxylic acids is 1. The standard InChI is InChI=1S/C38H68O/c1-31(2)17-10-19-33(5)21-12-23-35(7)24-14-26-37(9)28-16-30-38(39)29-15-27-36(8)25-13-22-34(6)20-11-18-32(3)4/h18,22,27-28,31,33,35H,10-17,19-21,23-26,29-30H2,1-9H3. The molecule has 0 amide bonds. The summed E-state index contributed by atoms with van der Waals surface area (Å²) in [5.41, 5.74) is 5.77. The Labute approximate surface area is 246 Å². The number of ketones is 1. The highest BCUT2D eigenvalue weighted by Crippen LogP contribution is 2.22. The number of hydrogen-bond acceptors (Lipinski definition) is 1. The van der Waals surface area contributed by atoms with E-state index in [2.05, 4.69) is 86.6 Å². The van der Waals surface area contributed by atoms with Crippen LogP contribution in [0.15, 0.2) is 46.6 Å². The summed E-state index contributed by atoms with van der Waals surface area (Å²) < 4.78 is 0. The maximum absolute atomic E-state index is 12.3. The first-order chi connectivity index (χ1) is 18.5. The molecule has 1 nitrogen and oxygen atoms in total. The van der Waals surface area contributed by atoms with Crippen molar-refractivity contribution in [2.75, 3.05) is 0 Å². The molecular formula is C38H68O. The Morgan fingerprint density at radius 3 is 1.33 bits per heavy atom. The third-order valence-corrected chi connectivity index (χ3v) is 8.09. The van der Waals surface area contributed by atoms with Crippen molar-refractivity contribution in [1.29, 1.82) is 0 Å². The summed E-state index contributed by atoms with van der Waals surface area (Å²) in [5.74, 6) is 2.99. The van der Waals surface area contributed by atoms with Gasteiger partial charge >= 0.3 is 0 Å². The van der Waals surface area contributed by atoms with E-state index in [4.69, 9.17) is 0 Å². The third-order valence-electron chi connectivity index (χ3n) is 8.09. The monoisotopic (exact) mass is 541 g/mol. The van der Waals surface area contributed by atoms with Crippen LogP contribution in [0.4, 0.5) is 0 Å². The lowest BCUT2D eigenvalue weighted by atomic mass is 9.91. The summed E-state index contributed by atoms with van der Waals surface area (Å²) in [4.78, 5) is 12.3. The zero-order chi connectivity index (χ0) is 29.5. The van der Waals surface area contributed by atoms with E-state index in [-0.39, 0.29) is 0 Å². The lowest BCUT2D eigenvalue weighted by Crippen LogP contribution is -2.00. The van der Waals surface area contributed by atoms with Crippen molar-refractivity contribution in [2.24, 2.45) is 17.8 Å². The maximum Gasteiger partial charge on any atom is 0.133 e. The van der Waals surface area contributed by atoms with E-state index >= 15 is 0 Å². The van der Waals surface area contributed by atoms with Crippen molar-refractivity contribution in [3.63, 3.8) is 0 Å². The van der Waals surface area contributed by atoms with E-state index in [1.165, 1.54) is 80.1 Å². The normalized spacial score (nSPS) is 14.6. The average molecular weight is 541 g/mol. The van der Waals surface area contributed by atoms with Crippen LogP contribution in [0.1, 0.15) is 171 Å². The van der Waals surface area contributed by atoms with Gasteiger partial charge in [-0.25, -0.2) is 0 Å². The minimum absolute atomic E-state index is 0.408. The van der Waals surface area contributed by atoms with Crippen molar-refractivity contribution in [3.8, 4) is 0 Å². The summed E-state index contributed by atoms with van der Waals surface area (Å²) in [5, 5.41) is 0. The van der Waals surface area contributed by atoms with Crippen molar-refractivity contribution in [3.05, 3.63) is 46.6 Å². The van der Waals surface area contributed by atoms with Crippen LogP contribution in [-0.4, -0.2) is 5.78 Å². The predicted octanol–water partition coefficient (Wildman–Crippen LogP) is 12.9. The minimum Gasteiger partial charge on any atom is -0.300 e. The Morgan fingerprint density at radius 1 is 0.487 bits per heavy atom. The van der Waals surface area contributed by atoms with E-state index in [0.717, 1.165) is 56.3 Å². The Kier molecular flexibility index (Phi) is 23.6. The molecule has 0 aliphatic heterocycles. The number of carbonyl (C=O) groups is 1. The number of hydrogen-bond donors (Lipinski definition) is 0. The van der Waals surface area contributed by atoms with Crippen LogP contribution < -0.4 is 0 Å². The van der Waals surface area contributed by atoms with Crippen molar-refractivity contribution in [2.45, 2.75) is 171 Å². The van der Waals surface area contributed by atoms with Gasteiger partial charge in [-0.05, 0) is 104 Å². The molecule has 2 unspecified atom stereocenters. The molecule has 0 aromatic carbocycles. The molecular weight excluding hydrogens is 472 g/mol. The summed E-state index contributed by atoms with van der Waals surface area (Å²) in [6.07, 6.45) is 29.2. The summed E-state index contributed by atoms with van der Waals surface area (Å²) in [6, 6.07) is 0. The van der Waals surface area contributed by atoms with Gasteiger partial charge in [0, 0.05) is 12.8 Å². The Bertz CT molecular complexity index is 741. The summed E-state index contributed by atoms with van der Waals surface area (Å²) in [7, 11) is 0. The fourth-order valence-corrected chi connectivity index (χ4v) is 5.23. The first-order valence-electron chi connectivity index (χ1n) is 16.6. The molecule has 0 aromatic rings. The largest absolute Gasteiger partial charge is 0.300 e. The highest BCUT2D eigenvalue weighted by Gasteiger charge is 2.07. The molecule has 0 fully saturated rings. The predicted molar refractivity (Wildman–Crippen MR) is 177 cm³/mol. The molecule has 226 valence electrons. The highest BCUT2D eigenvalue weighted by atomic mass is 16.1. The van der Waals surface area contributed by atoms with Crippen LogP contribution in [0.2, 0.25) is 0 Å². The van der Waals surface area contributed by atoms with Crippen molar-refractivity contribution >= 4 is 5.78 Å². The molecule has 0 saturated heterocycles. The van der Waals surface area contributed by atoms with Gasteiger partial charge in [-0.1, -0.05) is 119 Å². The van der Waals surface area contributed by atoms with Gasteiger partial charge in [-0.15, -0.1) is 0 Å². The first-order valence-corrected chi connectivity index (χ1v) is 16.6. The van der Waals surface area contributed by atoms with Crippen LogP contribution in [0.5, 0.6) is 0 Å². The van der Waals surface area contributed by atoms with Crippen LogP contribution >= 0.6 is 0 Å². The van der Waals surface area contributed by atoms with Gasteiger partial charge in [-0.3, -0.25) is 4.79 Å². The van der Waals surface area contributed by atoms with E-state index in [0.29, 0.717) is 18.6 Å². The lowest BCUT2D eigenvalue weighted by molar-refractivity contribution is -0.118. The molecule has 0 bridgehead atoms. The number of allylic oxidation sites excluding steroid dienone is 8. The van der Waals surface area contributed by atoms with E-state index in [9.17, 15) is 4.79 Å². The van der Waals surface area contributed by atoms with Gasteiger partial charge in [0.1, 0.15) is 5.78 Å². The number of Topliss-reactive ketones (excluding diaryl/α,β-unsaturated/α-hetero) is 1. The molecule has 0 saturated carbocycles. The lowest BCUT2D eigenvalue weighted by Gasteiger charge is -2.15. The van der Waals surface area contributed by atoms with E-state index < -0.39 is 0 Å². The molecule has 0 aliphatic carbocycles. The van der Waals surface area contributed by atoms with Gasteiger partial charge in [0.05, 0.1) is 0 Å². The van der Waals surface area contributed by atoms with Crippen LogP contribution in [0, 0.1) is 17.8 Å². The van der Waals surface area contributed by atoms with Crippen molar-refractivity contribution in [1.82, 2.24) is 0 Å². The average Bonchev–Trinajstić information content (AvgIpc) is 2.83. The molecule has 39 heavy (non-hydrogen) atoms. The first kappa shape index (κ1) is 37.6. The Morgan fingerprint density at radius 2 is 0.872 bits per heavy atom. The van der Waals surface area contributed by atoms with Crippen molar-refractivity contribution < 1.29 is 4.79 Å². The van der Waals surface area contributed by atoms with Crippen LogP contribution in [-0.2, 0) is 4.79 Å². The fraction of sp³-hybridized carbons (Fsp3) is 0.763. The zero-order valence-electron chi connectivity index (χ0n) is 28.0. The molecule has 0 aromatic heterocycles. The summed E-state index contributed by atoms with van der Waals surface area (Å²) in [6.45, 7) is 20.6. The van der Waals surface area contributed by atoms with Gasteiger partial charge in [0.15, 0.2) is 0 Å². The second kappa shape index (κ2) is 24.4. The van der Waals surface area contributed by atoms with E-state index in [1.54, 1.807) is 0 Å². The fourth-order valence-electron chi connectivity index (χ4n) is 5.23. The zero-order valence-corrected chi connectivity index (χ0v) is 28.0. The SMILES string of the molecule is CC(C)=CCCC(C)=CCCC(C)=CCCC(=O)CCC=C(C)CCCC(C)CCCC(C)CCCC(C)C. The van der Waals surface area contributed by atoms with Crippen LogP contribution in [0.25, 0.3) is 0 Å². The molecule has 0 aliphatic rings. The second-order valence-corrected chi connectivity index (χ2v) is 13.5. The Balaban J connectivity index is 3.92. The maximum atomic E-state index is 12.3. The molecule has 0 radical (unpaired) electrons. The summed E-state index contributed by atoms with van der Waals surface area (Å²) >= 11 is 0. The molecule has 2 atom stereocenters. The van der Waals surface area contributed by atoms with E-state index in [1.807, 2.05) is 0 Å². The number of rotatable bonds is 24. The van der Waals surface area contributed by atoms with Gasteiger partial charge in [0.25, 0.3) is 0 Å².